The van der Waals surface area contributed by atoms with Crippen molar-refractivity contribution < 1.29 is 4.74 Å². The van der Waals surface area contributed by atoms with Gasteiger partial charge in [-0.15, -0.1) is 11.3 Å². The quantitative estimate of drug-likeness (QED) is 0.0899. The molecule has 4 nitrogen and oxygen atoms in total. The van der Waals surface area contributed by atoms with Crippen molar-refractivity contribution in [2.45, 2.75) is 149 Å². The third-order valence-electron chi connectivity index (χ3n) is 8.25. The largest absolute Gasteiger partial charge is 0.478 e. The second-order valence-corrected chi connectivity index (χ2v) is 14.3. The summed E-state index contributed by atoms with van der Waals surface area (Å²) >= 11 is 5.16. The van der Waals surface area contributed by atoms with Crippen LogP contribution in [0.5, 0.6) is 5.88 Å². The van der Waals surface area contributed by atoms with Crippen LogP contribution in [0.1, 0.15) is 142 Å². The van der Waals surface area contributed by atoms with Gasteiger partial charge >= 0.3 is 0 Å². The Morgan fingerprint density at radius 2 is 1.26 bits per heavy atom. The zero-order valence-corrected chi connectivity index (χ0v) is 28.8. The maximum absolute atomic E-state index is 13.6. The Morgan fingerprint density at radius 1 is 0.714 bits per heavy atom. The summed E-state index contributed by atoms with van der Waals surface area (Å²) in [7, 11) is 0. The van der Waals surface area contributed by atoms with Crippen molar-refractivity contribution in [1.82, 2.24) is 9.55 Å². The number of thiophene rings is 1. The summed E-state index contributed by atoms with van der Waals surface area (Å²) < 4.78 is 9.04. The highest BCUT2D eigenvalue weighted by molar-refractivity contribution is 9.11. The Morgan fingerprint density at radius 3 is 1.81 bits per heavy atom. The van der Waals surface area contributed by atoms with Crippen LogP contribution in [0.3, 0.4) is 0 Å². The lowest BCUT2D eigenvalue weighted by Gasteiger charge is -2.13. The van der Waals surface area contributed by atoms with Crippen molar-refractivity contribution in [3.8, 4) is 16.3 Å². The molecule has 0 aliphatic rings. The third kappa shape index (κ3) is 12.5. The number of hydrogen-bond acceptors (Lipinski definition) is 4. The number of aromatic nitrogens is 2. The highest BCUT2D eigenvalue weighted by Crippen LogP contribution is 2.31. The molecule has 0 saturated carbocycles. The van der Waals surface area contributed by atoms with Crippen LogP contribution in [0.2, 0.25) is 0 Å². The van der Waals surface area contributed by atoms with Gasteiger partial charge in [0.05, 0.1) is 27.0 Å². The first-order valence-electron chi connectivity index (χ1n) is 17.1. The molecule has 234 valence electrons. The molecular weight excluding hydrogens is 604 g/mol. The number of nitrogens with zero attached hydrogens (tertiary/aromatic N) is 2. The van der Waals surface area contributed by atoms with Crippen molar-refractivity contribution in [2.24, 2.45) is 0 Å². The van der Waals surface area contributed by atoms with Crippen LogP contribution in [-0.2, 0) is 6.54 Å². The molecule has 0 bridgehead atoms. The molecule has 0 unspecified atom stereocenters. The zero-order chi connectivity index (χ0) is 29.8. The minimum atomic E-state index is 0.0774. The van der Waals surface area contributed by atoms with E-state index in [4.69, 9.17) is 9.72 Å². The smallest absolute Gasteiger partial charge is 0.259 e. The van der Waals surface area contributed by atoms with Gasteiger partial charge in [-0.05, 0) is 53.0 Å². The van der Waals surface area contributed by atoms with E-state index in [-0.39, 0.29) is 5.56 Å². The Kier molecular flexibility index (Phi) is 17.5. The number of pyridine rings is 2. The molecule has 3 rings (SSSR count). The molecule has 0 atom stereocenters. The Balaban J connectivity index is 1.53. The monoisotopic (exact) mass is 658 g/mol. The van der Waals surface area contributed by atoms with E-state index in [0.717, 1.165) is 51.1 Å². The van der Waals surface area contributed by atoms with E-state index >= 15 is 0 Å². The average Bonchev–Trinajstić information content (AvgIpc) is 3.43. The van der Waals surface area contributed by atoms with Gasteiger partial charge in [0.1, 0.15) is 0 Å². The maximum Gasteiger partial charge on any atom is 0.259 e. The van der Waals surface area contributed by atoms with Gasteiger partial charge in [-0.2, -0.15) is 0 Å². The predicted octanol–water partition coefficient (Wildman–Crippen LogP) is 12.1. The molecule has 0 aliphatic heterocycles. The van der Waals surface area contributed by atoms with E-state index in [0.29, 0.717) is 12.5 Å². The van der Waals surface area contributed by atoms with Crippen molar-refractivity contribution in [3.05, 3.63) is 44.5 Å². The van der Waals surface area contributed by atoms with Crippen LogP contribution in [0.4, 0.5) is 0 Å². The number of rotatable bonds is 24. The molecule has 3 aromatic heterocycles. The van der Waals surface area contributed by atoms with Crippen LogP contribution in [0, 0.1) is 0 Å². The van der Waals surface area contributed by atoms with Gasteiger partial charge in [0.15, 0.2) is 0 Å². The van der Waals surface area contributed by atoms with Gasteiger partial charge in [-0.25, -0.2) is 4.98 Å². The van der Waals surface area contributed by atoms with Crippen molar-refractivity contribution >= 4 is 38.3 Å². The summed E-state index contributed by atoms with van der Waals surface area (Å²) in [5, 5.41) is 0. The molecule has 0 aromatic carbocycles. The van der Waals surface area contributed by atoms with E-state index in [2.05, 4.69) is 29.8 Å². The number of halogens is 1. The molecule has 0 spiro atoms. The number of hydrogen-bond donors (Lipinski definition) is 0. The van der Waals surface area contributed by atoms with Crippen molar-refractivity contribution in [3.63, 3.8) is 0 Å². The van der Waals surface area contributed by atoms with Crippen LogP contribution in [-0.4, -0.2) is 16.2 Å². The van der Waals surface area contributed by atoms with E-state index in [1.165, 1.54) is 109 Å². The topological polar surface area (TPSA) is 44.1 Å². The molecule has 3 aromatic rings. The molecule has 3 heterocycles. The lowest BCUT2D eigenvalue weighted by atomic mass is 10.1. The van der Waals surface area contributed by atoms with Gasteiger partial charge in [-0.3, -0.25) is 4.79 Å². The molecule has 0 fully saturated rings. The summed E-state index contributed by atoms with van der Waals surface area (Å²) in [5.41, 5.74) is 2.54. The first kappa shape index (κ1) is 34.8. The molecule has 0 amide bonds. The van der Waals surface area contributed by atoms with Crippen molar-refractivity contribution in [1.29, 1.82) is 0 Å². The molecular formula is C36H55BrN2O2S. The Hall–Kier alpha value is -1.66. The molecule has 6 heteroatoms. The van der Waals surface area contributed by atoms with E-state index in [1.54, 1.807) is 11.3 Å². The van der Waals surface area contributed by atoms with Gasteiger partial charge in [0.25, 0.3) is 5.56 Å². The number of ether oxygens (including phenoxy) is 1. The van der Waals surface area contributed by atoms with E-state index in [9.17, 15) is 4.79 Å². The minimum absolute atomic E-state index is 0.0774. The number of aryl methyl sites for hydroxylation is 1. The van der Waals surface area contributed by atoms with E-state index < -0.39 is 0 Å². The first-order valence-corrected chi connectivity index (χ1v) is 18.7. The summed E-state index contributed by atoms with van der Waals surface area (Å²) in [4.78, 5) is 19.5. The second-order valence-electron chi connectivity index (χ2n) is 11.9. The maximum atomic E-state index is 13.6. The summed E-state index contributed by atoms with van der Waals surface area (Å²) in [6, 6.07) is 9.96. The fraction of sp³-hybridized carbons (Fsp3) is 0.667. The SMILES string of the molecule is CCCCCCCCCCCCOc1ccc2c(cc(-c3ccc(Br)s3)c(=O)n2CCCCCCCCCCCC)n1. The van der Waals surface area contributed by atoms with Crippen LogP contribution < -0.4 is 10.3 Å². The molecule has 0 saturated heterocycles. The molecule has 42 heavy (non-hydrogen) atoms. The van der Waals surface area contributed by atoms with Crippen LogP contribution in [0.15, 0.2) is 38.9 Å². The summed E-state index contributed by atoms with van der Waals surface area (Å²) in [5.74, 6) is 0.654. The fourth-order valence-electron chi connectivity index (χ4n) is 5.70. The lowest BCUT2D eigenvalue weighted by Crippen LogP contribution is -2.22. The number of unbranched alkanes of at least 4 members (excludes halogenated alkanes) is 18. The van der Waals surface area contributed by atoms with Gasteiger partial charge in [-0.1, -0.05) is 129 Å². The highest BCUT2D eigenvalue weighted by atomic mass is 79.9. The number of fused-ring (bicyclic) bond motifs is 1. The van der Waals surface area contributed by atoms with Gasteiger partial charge in [0.2, 0.25) is 5.88 Å². The summed E-state index contributed by atoms with van der Waals surface area (Å²) in [6.45, 7) is 5.96. The average molecular weight is 660 g/mol. The van der Waals surface area contributed by atoms with Crippen molar-refractivity contribution in [2.75, 3.05) is 6.61 Å². The minimum Gasteiger partial charge on any atom is -0.478 e. The predicted molar refractivity (Wildman–Crippen MR) is 186 cm³/mol. The van der Waals surface area contributed by atoms with E-state index in [1.807, 2.05) is 34.9 Å². The second kappa shape index (κ2) is 21.1. The zero-order valence-electron chi connectivity index (χ0n) is 26.4. The van der Waals surface area contributed by atoms with Gasteiger partial charge < -0.3 is 9.30 Å². The van der Waals surface area contributed by atoms with Crippen LogP contribution in [0.25, 0.3) is 21.5 Å². The molecule has 0 radical (unpaired) electrons. The lowest BCUT2D eigenvalue weighted by molar-refractivity contribution is 0.294. The normalized spacial score (nSPS) is 11.5. The van der Waals surface area contributed by atoms with Gasteiger partial charge in [0, 0.05) is 17.5 Å². The molecule has 0 aliphatic carbocycles. The molecule has 0 N–H and O–H groups in total. The fourth-order valence-corrected chi connectivity index (χ4v) is 7.09. The highest BCUT2D eigenvalue weighted by Gasteiger charge is 2.14. The van der Waals surface area contributed by atoms with Crippen LogP contribution >= 0.6 is 27.3 Å². The third-order valence-corrected chi connectivity index (χ3v) is 9.90. The summed E-state index contributed by atoms with van der Waals surface area (Å²) in [6.07, 6.45) is 25.9. The Bertz CT molecular complexity index is 1200. The first-order chi connectivity index (χ1) is 20.6. The standard InChI is InChI=1S/C36H55BrN2O2S/c1-3-5-7-9-11-13-15-17-19-21-27-39-32-23-26-35(41-28-22-20-18-16-14-12-10-8-6-4-2)38-31(32)29-30(36(39)40)33-24-25-34(37)42-33/h23-26,29H,3-22,27-28H2,1-2H3. The Labute approximate surface area is 267 Å².